The highest BCUT2D eigenvalue weighted by Crippen LogP contribution is 2.23. The maximum Gasteiger partial charge on any atom is 0.272 e. The summed E-state index contributed by atoms with van der Waals surface area (Å²) in [5.41, 5.74) is 0.755. The van der Waals surface area contributed by atoms with E-state index in [1.54, 1.807) is 11.5 Å². The molecule has 0 amide bonds. The lowest BCUT2D eigenvalue weighted by atomic mass is 10.5. The van der Waals surface area contributed by atoms with Gasteiger partial charge in [0.1, 0.15) is 4.70 Å². The van der Waals surface area contributed by atoms with E-state index in [0.717, 1.165) is 5.52 Å². The average molecular weight is 308 g/mol. The number of rotatable bonds is 4. The van der Waals surface area contributed by atoms with Gasteiger partial charge in [-0.15, -0.1) is 21.5 Å². The monoisotopic (exact) mass is 308 g/mol. The summed E-state index contributed by atoms with van der Waals surface area (Å²) in [6, 6.07) is 1.86. The van der Waals surface area contributed by atoms with Crippen LogP contribution in [0.25, 0.3) is 10.2 Å². The fraction of sp³-hybridized carbons (Fsp3) is 0.333. The second kappa shape index (κ2) is 5.37. The van der Waals surface area contributed by atoms with Crippen molar-refractivity contribution in [3.8, 4) is 0 Å². The molecule has 0 aliphatic heterocycles. The van der Waals surface area contributed by atoms with Crippen LogP contribution in [0.15, 0.2) is 25.8 Å². The van der Waals surface area contributed by atoms with Crippen LogP contribution in [-0.4, -0.2) is 19.7 Å². The van der Waals surface area contributed by atoms with Crippen molar-refractivity contribution in [3.63, 3.8) is 0 Å². The van der Waals surface area contributed by atoms with Crippen molar-refractivity contribution < 1.29 is 4.42 Å². The van der Waals surface area contributed by atoms with Gasteiger partial charge in [0, 0.05) is 13.5 Å². The maximum atomic E-state index is 12.3. The number of fused-ring (bicyclic) bond motifs is 1. The van der Waals surface area contributed by atoms with Gasteiger partial charge in [-0.3, -0.25) is 9.36 Å². The molecule has 20 heavy (non-hydrogen) atoms. The number of aromatic nitrogens is 4. The van der Waals surface area contributed by atoms with Crippen molar-refractivity contribution in [3.05, 3.63) is 33.6 Å². The van der Waals surface area contributed by atoms with Crippen LogP contribution in [0.1, 0.15) is 18.7 Å². The Balaban J connectivity index is 1.95. The summed E-state index contributed by atoms with van der Waals surface area (Å²) in [4.78, 5) is 16.9. The molecule has 0 aliphatic carbocycles. The predicted molar refractivity (Wildman–Crippen MR) is 78.2 cm³/mol. The Morgan fingerprint density at radius 2 is 2.30 bits per heavy atom. The Morgan fingerprint density at radius 1 is 1.45 bits per heavy atom. The molecular weight excluding hydrogens is 296 g/mol. The van der Waals surface area contributed by atoms with Crippen LogP contribution in [0.5, 0.6) is 0 Å². The lowest BCUT2D eigenvalue weighted by Crippen LogP contribution is -2.21. The van der Waals surface area contributed by atoms with Crippen LogP contribution in [0, 0.1) is 6.92 Å². The number of hydrogen-bond donors (Lipinski definition) is 0. The molecule has 104 valence electrons. The molecule has 0 aliphatic rings. The summed E-state index contributed by atoms with van der Waals surface area (Å²) in [7, 11) is 0. The van der Waals surface area contributed by atoms with Gasteiger partial charge in [0.2, 0.25) is 11.8 Å². The first-order valence-corrected chi connectivity index (χ1v) is 7.95. The second-order valence-electron chi connectivity index (χ2n) is 4.08. The van der Waals surface area contributed by atoms with E-state index in [4.69, 9.17) is 4.42 Å². The van der Waals surface area contributed by atoms with Gasteiger partial charge in [-0.05, 0) is 18.4 Å². The highest BCUT2D eigenvalue weighted by molar-refractivity contribution is 7.98. The Bertz CT molecular complexity index is 805. The van der Waals surface area contributed by atoms with Crippen LogP contribution in [-0.2, 0) is 12.3 Å². The third kappa shape index (κ3) is 2.36. The molecule has 0 radical (unpaired) electrons. The van der Waals surface area contributed by atoms with Gasteiger partial charge in [-0.2, -0.15) is 0 Å². The maximum absolute atomic E-state index is 12.3. The minimum Gasteiger partial charge on any atom is -0.425 e. The largest absolute Gasteiger partial charge is 0.425 e. The molecule has 0 aromatic carbocycles. The first-order valence-electron chi connectivity index (χ1n) is 6.09. The van der Waals surface area contributed by atoms with E-state index in [9.17, 15) is 4.79 Å². The molecular formula is C12H12N4O2S2. The molecule has 8 heteroatoms. The third-order valence-electron chi connectivity index (χ3n) is 2.74. The van der Waals surface area contributed by atoms with E-state index < -0.39 is 0 Å². The number of nitrogens with zero attached hydrogens (tertiary/aromatic N) is 4. The first kappa shape index (κ1) is 13.3. The SMILES string of the molecule is CCn1c(SCc2nnc(C)o2)nc2ccsc2c1=O. The molecule has 0 saturated carbocycles. The van der Waals surface area contributed by atoms with Gasteiger partial charge in [0.25, 0.3) is 5.56 Å². The topological polar surface area (TPSA) is 73.8 Å². The minimum absolute atomic E-state index is 0.0108. The van der Waals surface area contributed by atoms with E-state index in [1.165, 1.54) is 23.1 Å². The summed E-state index contributed by atoms with van der Waals surface area (Å²) in [6.45, 7) is 4.27. The van der Waals surface area contributed by atoms with Crippen molar-refractivity contribution in [2.24, 2.45) is 0 Å². The van der Waals surface area contributed by atoms with Crippen LogP contribution < -0.4 is 5.56 Å². The average Bonchev–Trinajstić information content (AvgIpc) is 3.05. The quantitative estimate of drug-likeness (QED) is 0.544. The van der Waals surface area contributed by atoms with Gasteiger partial charge in [-0.25, -0.2) is 4.98 Å². The van der Waals surface area contributed by atoms with Crippen molar-refractivity contribution >= 4 is 33.3 Å². The summed E-state index contributed by atoms with van der Waals surface area (Å²) in [6.07, 6.45) is 0. The number of hydrogen-bond acceptors (Lipinski definition) is 7. The van der Waals surface area contributed by atoms with Gasteiger partial charge >= 0.3 is 0 Å². The standard InChI is InChI=1S/C12H12N4O2S2/c1-3-16-11(17)10-8(4-5-19-10)13-12(16)20-6-9-15-14-7(2)18-9/h4-5H,3,6H2,1-2H3. The molecule has 0 saturated heterocycles. The van der Waals surface area contributed by atoms with E-state index in [1.807, 2.05) is 18.4 Å². The van der Waals surface area contributed by atoms with Crippen LogP contribution in [0.4, 0.5) is 0 Å². The molecule has 0 bridgehead atoms. The molecule has 3 aromatic rings. The number of thioether (sulfide) groups is 1. The Morgan fingerprint density at radius 3 is 3.00 bits per heavy atom. The van der Waals surface area contributed by atoms with Crippen molar-refractivity contribution in [1.82, 2.24) is 19.7 Å². The predicted octanol–water partition coefficient (Wildman–Crippen LogP) is 2.46. The van der Waals surface area contributed by atoms with E-state index in [2.05, 4.69) is 15.2 Å². The highest BCUT2D eigenvalue weighted by Gasteiger charge is 2.13. The van der Waals surface area contributed by atoms with Gasteiger partial charge in [0.05, 0.1) is 11.3 Å². The van der Waals surface area contributed by atoms with Crippen molar-refractivity contribution in [1.29, 1.82) is 0 Å². The fourth-order valence-electron chi connectivity index (χ4n) is 1.83. The highest BCUT2D eigenvalue weighted by atomic mass is 32.2. The zero-order valence-corrected chi connectivity index (χ0v) is 12.6. The summed E-state index contributed by atoms with van der Waals surface area (Å²) >= 11 is 2.85. The summed E-state index contributed by atoms with van der Waals surface area (Å²) in [5, 5.41) is 10.3. The Labute approximate surface area is 122 Å². The minimum atomic E-state index is 0.0108. The summed E-state index contributed by atoms with van der Waals surface area (Å²) in [5.74, 6) is 1.58. The second-order valence-corrected chi connectivity index (χ2v) is 5.94. The third-order valence-corrected chi connectivity index (χ3v) is 4.59. The van der Waals surface area contributed by atoms with E-state index in [-0.39, 0.29) is 5.56 Å². The van der Waals surface area contributed by atoms with Crippen LogP contribution in [0.2, 0.25) is 0 Å². The molecule has 0 fully saturated rings. The first-order chi connectivity index (χ1) is 9.69. The zero-order valence-electron chi connectivity index (χ0n) is 11.0. The van der Waals surface area contributed by atoms with Gasteiger partial charge in [0.15, 0.2) is 5.16 Å². The van der Waals surface area contributed by atoms with Crippen molar-refractivity contribution in [2.45, 2.75) is 31.3 Å². The molecule has 0 unspecified atom stereocenters. The Hall–Kier alpha value is -1.67. The fourth-order valence-corrected chi connectivity index (χ4v) is 3.51. The van der Waals surface area contributed by atoms with Crippen molar-refractivity contribution in [2.75, 3.05) is 0 Å². The molecule has 0 atom stereocenters. The smallest absolute Gasteiger partial charge is 0.272 e. The molecule has 0 N–H and O–H groups in total. The lowest BCUT2D eigenvalue weighted by molar-refractivity contribution is 0.485. The molecule has 6 nitrogen and oxygen atoms in total. The zero-order chi connectivity index (χ0) is 14.1. The van der Waals surface area contributed by atoms with Gasteiger partial charge in [-0.1, -0.05) is 11.8 Å². The van der Waals surface area contributed by atoms with Crippen LogP contribution >= 0.6 is 23.1 Å². The number of aryl methyl sites for hydroxylation is 1. The Kier molecular flexibility index (Phi) is 3.58. The lowest BCUT2D eigenvalue weighted by Gasteiger charge is -2.08. The summed E-state index contributed by atoms with van der Waals surface area (Å²) < 4.78 is 7.70. The van der Waals surface area contributed by atoms with E-state index >= 15 is 0 Å². The van der Waals surface area contributed by atoms with Gasteiger partial charge < -0.3 is 4.42 Å². The number of thiophene rings is 1. The van der Waals surface area contributed by atoms with E-state index in [0.29, 0.717) is 33.9 Å². The molecule has 3 heterocycles. The van der Waals surface area contributed by atoms with Crippen LogP contribution in [0.3, 0.4) is 0 Å². The molecule has 3 rings (SSSR count). The molecule has 0 spiro atoms. The molecule has 3 aromatic heterocycles. The normalized spacial score (nSPS) is 11.3.